The van der Waals surface area contributed by atoms with Gasteiger partial charge in [0.05, 0.1) is 0 Å². The van der Waals surface area contributed by atoms with Gasteiger partial charge >= 0.3 is 0 Å². The summed E-state index contributed by atoms with van der Waals surface area (Å²) < 4.78 is 5.11. The molecule has 1 N–H and O–H groups in total. The zero-order valence-electron chi connectivity index (χ0n) is 13.0. The van der Waals surface area contributed by atoms with Crippen molar-refractivity contribution in [1.29, 1.82) is 0 Å². The van der Waals surface area contributed by atoms with Gasteiger partial charge in [0, 0.05) is 19.3 Å². The topological polar surface area (TPSA) is 21.3 Å². The van der Waals surface area contributed by atoms with Crippen LogP contribution in [0.2, 0.25) is 0 Å². The molecule has 0 aromatic carbocycles. The van der Waals surface area contributed by atoms with E-state index in [1.54, 1.807) is 7.11 Å². The van der Waals surface area contributed by atoms with Crippen molar-refractivity contribution in [2.45, 2.75) is 66.3 Å². The summed E-state index contributed by atoms with van der Waals surface area (Å²) in [6, 6.07) is 0. The molecule has 0 fully saturated rings. The molecule has 17 heavy (non-hydrogen) atoms. The first-order chi connectivity index (χ1) is 7.67. The summed E-state index contributed by atoms with van der Waals surface area (Å²) in [5.74, 6) is 0.735. The second kappa shape index (κ2) is 7.38. The second-order valence-electron chi connectivity index (χ2n) is 7.18. The largest absolute Gasteiger partial charge is 0.385 e. The van der Waals surface area contributed by atoms with Gasteiger partial charge in [-0.1, -0.05) is 27.2 Å². The Labute approximate surface area is 109 Å². The highest BCUT2D eigenvalue weighted by Gasteiger charge is 2.25. The Balaban J connectivity index is 4.08. The fraction of sp³-hybridized carbons (Fsp3) is 1.00. The highest BCUT2D eigenvalue weighted by molar-refractivity contribution is 4.80. The lowest BCUT2D eigenvalue weighted by atomic mass is 9.77. The maximum atomic E-state index is 5.11. The van der Waals surface area contributed by atoms with E-state index in [1.807, 2.05) is 0 Å². The van der Waals surface area contributed by atoms with Crippen molar-refractivity contribution >= 4 is 0 Å². The monoisotopic (exact) mass is 243 g/mol. The molecule has 0 heterocycles. The first-order valence-electron chi connectivity index (χ1n) is 6.91. The van der Waals surface area contributed by atoms with E-state index in [0.29, 0.717) is 5.41 Å². The summed E-state index contributed by atoms with van der Waals surface area (Å²) in [4.78, 5) is 0. The number of ether oxygens (including phenoxy) is 1. The van der Waals surface area contributed by atoms with Crippen LogP contribution in [0.5, 0.6) is 0 Å². The van der Waals surface area contributed by atoms with Gasteiger partial charge in [0.15, 0.2) is 0 Å². The summed E-state index contributed by atoms with van der Waals surface area (Å²) in [5, 5.41) is 3.64. The van der Waals surface area contributed by atoms with Gasteiger partial charge in [0.1, 0.15) is 0 Å². The quantitative estimate of drug-likeness (QED) is 0.686. The Hall–Kier alpha value is -0.0800. The Bertz CT molecular complexity index is 188. The third kappa shape index (κ3) is 9.61. The van der Waals surface area contributed by atoms with E-state index in [2.05, 4.69) is 46.9 Å². The van der Waals surface area contributed by atoms with Crippen LogP contribution in [0.15, 0.2) is 0 Å². The van der Waals surface area contributed by atoms with Crippen LogP contribution in [0.4, 0.5) is 0 Å². The normalized spacial score (nSPS) is 15.0. The van der Waals surface area contributed by atoms with Crippen LogP contribution in [0, 0.1) is 11.3 Å². The van der Waals surface area contributed by atoms with Crippen molar-refractivity contribution in [2.75, 3.05) is 20.3 Å². The summed E-state index contributed by atoms with van der Waals surface area (Å²) in [5.41, 5.74) is 0.599. The van der Waals surface area contributed by atoms with E-state index in [4.69, 9.17) is 4.74 Å². The van der Waals surface area contributed by atoms with E-state index in [0.717, 1.165) is 19.1 Å². The molecule has 0 aromatic rings. The number of rotatable bonds is 7. The number of hydrogen-bond acceptors (Lipinski definition) is 2. The molecule has 0 radical (unpaired) electrons. The van der Waals surface area contributed by atoms with Crippen molar-refractivity contribution in [3.63, 3.8) is 0 Å². The van der Waals surface area contributed by atoms with Crippen molar-refractivity contribution in [1.82, 2.24) is 5.32 Å². The van der Waals surface area contributed by atoms with E-state index < -0.39 is 0 Å². The first-order valence-corrected chi connectivity index (χ1v) is 6.91. The Morgan fingerprint density at radius 1 is 1.00 bits per heavy atom. The molecule has 2 heteroatoms. The van der Waals surface area contributed by atoms with Crippen LogP contribution >= 0.6 is 0 Å². The molecule has 0 aliphatic heterocycles. The van der Waals surface area contributed by atoms with Gasteiger partial charge in [0.2, 0.25) is 0 Å². The zero-order chi connectivity index (χ0) is 13.5. The highest BCUT2D eigenvalue weighted by Crippen LogP contribution is 2.30. The highest BCUT2D eigenvalue weighted by atomic mass is 16.5. The van der Waals surface area contributed by atoms with Crippen molar-refractivity contribution in [2.24, 2.45) is 11.3 Å². The molecule has 104 valence electrons. The van der Waals surface area contributed by atoms with E-state index >= 15 is 0 Å². The fourth-order valence-electron chi connectivity index (χ4n) is 1.91. The molecule has 0 bridgehead atoms. The Morgan fingerprint density at radius 2 is 1.59 bits per heavy atom. The van der Waals surface area contributed by atoms with Gasteiger partial charge in [0.25, 0.3) is 0 Å². The third-order valence-electron chi connectivity index (χ3n) is 3.25. The molecule has 0 amide bonds. The van der Waals surface area contributed by atoms with Gasteiger partial charge in [-0.05, 0) is 51.5 Å². The molecule has 0 aliphatic carbocycles. The molecular weight excluding hydrogens is 210 g/mol. The maximum Gasteiger partial charge on any atom is 0.0462 e. The predicted octanol–water partition coefficient (Wildman–Crippen LogP) is 3.85. The Kier molecular flexibility index (Phi) is 7.34. The van der Waals surface area contributed by atoms with Crippen LogP contribution < -0.4 is 5.32 Å². The smallest absolute Gasteiger partial charge is 0.0462 e. The van der Waals surface area contributed by atoms with Crippen LogP contribution in [-0.2, 0) is 4.74 Å². The lowest BCUT2D eigenvalue weighted by Gasteiger charge is -2.34. The van der Waals surface area contributed by atoms with Gasteiger partial charge in [-0.25, -0.2) is 0 Å². The molecule has 0 saturated carbocycles. The predicted molar refractivity (Wildman–Crippen MR) is 76.4 cm³/mol. The minimum atomic E-state index is 0.218. The maximum absolute atomic E-state index is 5.11. The molecule has 1 unspecified atom stereocenters. The minimum Gasteiger partial charge on any atom is -0.385 e. The van der Waals surface area contributed by atoms with E-state index in [9.17, 15) is 0 Å². The third-order valence-corrected chi connectivity index (χ3v) is 3.25. The van der Waals surface area contributed by atoms with Gasteiger partial charge < -0.3 is 10.1 Å². The van der Waals surface area contributed by atoms with Crippen molar-refractivity contribution in [3.8, 4) is 0 Å². The Morgan fingerprint density at radius 3 is 2.00 bits per heavy atom. The molecule has 0 rings (SSSR count). The average molecular weight is 243 g/mol. The number of unbranched alkanes of at least 4 members (excludes halogenated alkanes) is 1. The minimum absolute atomic E-state index is 0.218. The van der Waals surface area contributed by atoms with Crippen molar-refractivity contribution in [3.05, 3.63) is 0 Å². The molecule has 0 saturated heterocycles. The summed E-state index contributed by atoms with van der Waals surface area (Å²) in [6.07, 6.45) is 3.73. The van der Waals surface area contributed by atoms with Gasteiger partial charge in [-0.15, -0.1) is 0 Å². The first kappa shape index (κ1) is 16.9. The SMILES string of the molecule is COCCCCC(CNC(C)(C)C)C(C)(C)C. The van der Waals surface area contributed by atoms with Crippen LogP contribution in [0.3, 0.4) is 0 Å². The number of nitrogens with one attached hydrogen (secondary N) is 1. The zero-order valence-corrected chi connectivity index (χ0v) is 13.0. The van der Waals surface area contributed by atoms with Crippen LogP contribution in [0.1, 0.15) is 60.8 Å². The molecule has 0 aliphatic rings. The van der Waals surface area contributed by atoms with Crippen LogP contribution in [-0.4, -0.2) is 25.8 Å². The van der Waals surface area contributed by atoms with Gasteiger partial charge in [-0.2, -0.15) is 0 Å². The summed E-state index contributed by atoms with van der Waals surface area (Å²) >= 11 is 0. The number of hydrogen-bond donors (Lipinski definition) is 1. The standard InChI is InChI=1S/C15H33NO/c1-14(2,3)13(10-8-9-11-17-7)12-16-15(4,5)6/h13,16H,8-12H2,1-7H3. The molecule has 0 aromatic heterocycles. The molecule has 0 spiro atoms. The van der Waals surface area contributed by atoms with Crippen LogP contribution in [0.25, 0.3) is 0 Å². The number of methoxy groups -OCH3 is 1. The van der Waals surface area contributed by atoms with Crippen molar-refractivity contribution < 1.29 is 4.74 Å². The van der Waals surface area contributed by atoms with E-state index in [1.165, 1.54) is 19.3 Å². The lowest BCUT2D eigenvalue weighted by molar-refractivity contribution is 0.171. The summed E-state index contributed by atoms with van der Waals surface area (Å²) in [6.45, 7) is 15.7. The lowest BCUT2D eigenvalue weighted by Crippen LogP contribution is -2.42. The fourth-order valence-corrected chi connectivity index (χ4v) is 1.91. The molecule has 2 nitrogen and oxygen atoms in total. The summed E-state index contributed by atoms with van der Waals surface area (Å²) in [7, 11) is 1.78. The molecular formula is C15H33NO. The van der Waals surface area contributed by atoms with E-state index in [-0.39, 0.29) is 5.54 Å². The molecule has 1 atom stereocenters. The second-order valence-corrected chi connectivity index (χ2v) is 7.18. The van der Waals surface area contributed by atoms with Gasteiger partial charge in [-0.3, -0.25) is 0 Å². The average Bonchev–Trinajstić information content (AvgIpc) is 2.13.